The van der Waals surface area contributed by atoms with Gasteiger partial charge in [0.05, 0.1) is 4.75 Å². The highest BCUT2D eigenvalue weighted by Gasteiger charge is 2.56. The first-order valence-electron chi connectivity index (χ1n) is 10.0. The predicted octanol–water partition coefficient (Wildman–Crippen LogP) is 6.00. The Hall–Kier alpha value is -0.870. The number of sulfonamides is 1. The average molecular weight is 382 g/mol. The number of benzene rings is 1. The van der Waals surface area contributed by atoms with Gasteiger partial charge >= 0.3 is 0 Å². The standard InChI is InChI=1S/C22H39NO2S/c1-9-21(8,10-2)22(11-3,12-4)26(24,25)23(20(5,6)7)18-19-16-14-13-15-17-19/h13-17H,9-12,18H2,1-8H3. The summed E-state index contributed by atoms with van der Waals surface area (Å²) in [6.45, 7) is 16.9. The van der Waals surface area contributed by atoms with Crippen LogP contribution < -0.4 is 0 Å². The lowest BCUT2D eigenvalue weighted by Gasteiger charge is -2.51. The summed E-state index contributed by atoms with van der Waals surface area (Å²) in [5, 5.41) is 0. The summed E-state index contributed by atoms with van der Waals surface area (Å²) in [6, 6.07) is 9.92. The van der Waals surface area contributed by atoms with Crippen molar-refractivity contribution >= 4 is 10.0 Å². The average Bonchev–Trinajstić information content (AvgIpc) is 2.60. The van der Waals surface area contributed by atoms with Crippen molar-refractivity contribution in [3.63, 3.8) is 0 Å². The highest BCUT2D eigenvalue weighted by molar-refractivity contribution is 7.90. The molecule has 150 valence electrons. The topological polar surface area (TPSA) is 37.4 Å². The van der Waals surface area contributed by atoms with E-state index in [1.165, 1.54) is 0 Å². The first-order valence-corrected chi connectivity index (χ1v) is 11.5. The van der Waals surface area contributed by atoms with Gasteiger partial charge < -0.3 is 0 Å². The van der Waals surface area contributed by atoms with E-state index in [0.29, 0.717) is 19.4 Å². The Morgan fingerprint density at radius 1 is 0.808 bits per heavy atom. The van der Waals surface area contributed by atoms with E-state index in [2.05, 4.69) is 20.8 Å². The molecule has 0 aliphatic heterocycles. The first kappa shape index (κ1) is 23.2. The van der Waals surface area contributed by atoms with Gasteiger partial charge in [0, 0.05) is 12.1 Å². The minimum Gasteiger partial charge on any atom is -0.212 e. The normalized spacial score (nSPS) is 14.0. The first-order chi connectivity index (χ1) is 12.0. The van der Waals surface area contributed by atoms with E-state index in [1.54, 1.807) is 4.31 Å². The lowest BCUT2D eigenvalue weighted by molar-refractivity contribution is 0.155. The SMILES string of the molecule is CCC(C)(CC)C(CC)(CC)S(=O)(=O)N(Cc1ccccc1)C(C)(C)C. The molecule has 0 saturated carbocycles. The molecular weight excluding hydrogens is 342 g/mol. The molecule has 0 N–H and O–H groups in total. The van der Waals surface area contributed by atoms with Crippen LogP contribution in [0.4, 0.5) is 0 Å². The summed E-state index contributed by atoms with van der Waals surface area (Å²) in [7, 11) is -3.53. The van der Waals surface area contributed by atoms with Gasteiger partial charge in [-0.25, -0.2) is 8.42 Å². The van der Waals surface area contributed by atoms with Gasteiger partial charge in [-0.15, -0.1) is 0 Å². The Kier molecular flexibility index (Phi) is 7.51. The lowest BCUT2D eigenvalue weighted by atomic mass is 9.69. The highest BCUT2D eigenvalue weighted by Crippen LogP contribution is 2.50. The second kappa shape index (κ2) is 8.43. The van der Waals surface area contributed by atoms with Gasteiger partial charge in [-0.05, 0) is 57.4 Å². The second-order valence-corrected chi connectivity index (χ2v) is 10.8. The smallest absolute Gasteiger partial charge is 0.212 e. The van der Waals surface area contributed by atoms with E-state index in [-0.39, 0.29) is 5.41 Å². The molecule has 1 aromatic rings. The minimum atomic E-state index is -3.53. The van der Waals surface area contributed by atoms with Gasteiger partial charge in [0.2, 0.25) is 10.0 Å². The van der Waals surface area contributed by atoms with E-state index in [1.807, 2.05) is 65.0 Å². The van der Waals surface area contributed by atoms with Crippen molar-refractivity contribution < 1.29 is 8.42 Å². The fourth-order valence-corrected chi connectivity index (χ4v) is 7.42. The Morgan fingerprint density at radius 2 is 1.27 bits per heavy atom. The van der Waals surface area contributed by atoms with Gasteiger partial charge in [-0.3, -0.25) is 0 Å². The molecule has 0 bridgehead atoms. The van der Waals surface area contributed by atoms with Gasteiger partial charge in [-0.1, -0.05) is 65.0 Å². The van der Waals surface area contributed by atoms with Crippen LogP contribution in [0.15, 0.2) is 30.3 Å². The second-order valence-electron chi connectivity index (χ2n) is 8.64. The van der Waals surface area contributed by atoms with Crippen LogP contribution in [0.5, 0.6) is 0 Å². The van der Waals surface area contributed by atoms with Crippen LogP contribution in [-0.4, -0.2) is 23.0 Å². The highest BCUT2D eigenvalue weighted by atomic mass is 32.2. The molecule has 1 rings (SSSR count). The maximum absolute atomic E-state index is 14.2. The summed E-state index contributed by atoms with van der Waals surface area (Å²) >= 11 is 0. The zero-order valence-corrected chi connectivity index (χ0v) is 18.9. The molecule has 0 heterocycles. The minimum absolute atomic E-state index is 0.254. The molecule has 0 aliphatic rings. The van der Waals surface area contributed by atoms with Crippen molar-refractivity contribution in [2.24, 2.45) is 5.41 Å². The van der Waals surface area contributed by atoms with Crippen LogP contribution in [0.2, 0.25) is 0 Å². The van der Waals surface area contributed by atoms with E-state index < -0.39 is 20.3 Å². The Morgan fingerprint density at radius 3 is 1.62 bits per heavy atom. The summed E-state index contributed by atoms with van der Waals surface area (Å²) in [6.07, 6.45) is 2.97. The van der Waals surface area contributed by atoms with E-state index in [4.69, 9.17) is 0 Å². The van der Waals surface area contributed by atoms with Crippen molar-refractivity contribution in [3.8, 4) is 0 Å². The number of hydrogen-bond donors (Lipinski definition) is 0. The molecule has 0 amide bonds. The molecule has 26 heavy (non-hydrogen) atoms. The zero-order valence-electron chi connectivity index (χ0n) is 18.1. The molecular formula is C22H39NO2S. The number of rotatable bonds is 9. The van der Waals surface area contributed by atoms with Crippen molar-refractivity contribution in [3.05, 3.63) is 35.9 Å². The van der Waals surface area contributed by atoms with Gasteiger partial charge in [0.15, 0.2) is 0 Å². The van der Waals surface area contributed by atoms with E-state index in [9.17, 15) is 8.42 Å². The fraction of sp³-hybridized carbons (Fsp3) is 0.727. The monoisotopic (exact) mass is 381 g/mol. The van der Waals surface area contributed by atoms with Gasteiger partial charge in [0.25, 0.3) is 0 Å². The van der Waals surface area contributed by atoms with E-state index in [0.717, 1.165) is 18.4 Å². The molecule has 1 aromatic carbocycles. The van der Waals surface area contributed by atoms with Gasteiger partial charge in [0.1, 0.15) is 0 Å². The largest absolute Gasteiger partial charge is 0.221 e. The molecule has 0 fully saturated rings. The maximum Gasteiger partial charge on any atom is 0.221 e. The van der Waals surface area contributed by atoms with Crippen molar-refractivity contribution in [2.75, 3.05) is 0 Å². The van der Waals surface area contributed by atoms with Crippen LogP contribution in [-0.2, 0) is 16.6 Å². The Balaban J connectivity index is 3.59. The summed E-state index contributed by atoms with van der Waals surface area (Å²) in [5.74, 6) is 0. The van der Waals surface area contributed by atoms with Gasteiger partial charge in [-0.2, -0.15) is 4.31 Å². The third-order valence-corrected chi connectivity index (χ3v) is 9.82. The molecule has 3 nitrogen and oxygen atoms in total. The fourth-order valence-electron chi connectivity index (χ4n) is 4.32. The van der Waals surface area contributed by atoms with Crippen LogP contribution in [0.3, 0.4) is 0 Å². The molecule has 0 saturated heterocycles. The molecule has 0 radical (unpaired) electrons. The Labute approximate surface area is 162 Å². The number of nitrogens with zero attached hydrogens (tertiary/aromatic N) is 1. The summed E-state index contributed by atoms with van der Waals surface area (Å²) in [5.41, 5.74) is 0.296. The molecule has 0 atom stereocenters. The Bertz CT molecular complexity index is 651. The molecule has 4 heteroatoms. The van der Waals surface area contributed by atoms with E-state index >= 15 is 0 Å². The lowest BCUT2D eigenvalue weighted by Crippen LogP contribution is -2.60. The molecule has 0 unspecified atom stereocenters. The van der Waals surface area contributed by atoms with Crippen molar-refractivity contribution in [2.45, 2.75) is 97.9 Å². The van der Waals surface area contributed by atoms with Crippen LogP contribution in [0, 0.1) is 5.41 Å². The molecule has 0 aliphatic carbocycles. The van der Waals surface area contributed by atoms with Crippen molar-refractivity contribution in [1.29, 1.82) is 0 Å². The molecule has 0 aromatic heterocycles. The molecule has 0 spiro atoms. The quantitative estimate of drug-likeness (QED) is 0.526. The zero-order chi connectivity index (χ0) is 20.2. The van der Waals surface area contributed by atoms with Crippen LogP contribution in [0.25, 0.3) is 0 Å². The van der Waals surface area contributed by atoms with Crippen LogP contribution in [0.1, 0.15) is 86.6 Å². The summed E-state index contributed by atoms with van der Waals surface area (Å²) < 4.78 is 29.3. The number of hydrogen-bond acceptors (Lipinski definition) is 2. The third kappa shape index (κ3) is 4.01. The van der Waals surface area contributed by atoms with Crippen LogP contribution >= 0.6 is 0 Å². The maximum atomic E-state index is 14.2. The predicted molar refractivity (Wildman–Crippen MR) is 113 cm³/mol. The summed E-state index contributed by atoms with van der Waals surface area (Å²) in [4.78, 5) is 0. The third-order valence-electron chi connectivity index (χ3n) is 6.50. The van der Waals surface area contributed by atoms with Crippen molar-refractivity contribution in [1.82, 2.24) is 4.31 Å².